The lowest BCUT2D eigenvalue weighted by Gasteiger charge is -2.44. The molecule has 0 spiro atoms. The minimum absolute atomic E-state index is 0.00618. The van der Waals surface area contributed by atoms with E-state index in [1.165, 1.54) is 38.5 Å². The summed E-state index contributed by atoms with van der Waals surface area (Å²) < 4.78 is 52.2. The number of sulfonamides is 1. The zero-order valence-electron chi connectivity index (χ0n) is 16.1. The molecule has 29 heavy (non-hydrogen) atoms. The number of methoxy groups -OCH3 is 2. The molecule has 154 valence electrons. The highest BCUT2D eigenvalue weighted by Crippen LogP contribution is 2.37. The van der Waals surface area contributed by atoms with Crippen molar-refractivity contribution < 1.29 is 27.1 Å². The van der Waals surface area contributed by atoms with Gasteiger partial charge in [-0.05, 0) is 35.7 Å². The summed E-state index contributed by atoms with van der Waals surface area (Å²) in [6.45, 7) is 0.193. The Bertz CT molecular complexity index is 1070. The number of rotatable bonds is 4. The van der Waals surface area contributed by atoms with Gasteiger partial charge in [0.1, 0.15) is 5.82 Å². The van der Waals surface area contributed by atoms with Crippen molar-refractivity contribution in [1.82, 2.24) is 9.21 Å². The number of carbonyl (C=O) groups excluding carboxylic acids is 1. The van der Waals surface area contributed by atoms with Crippen molar-refractivity contribution in [3.63, 3.8) is 0 Å². The van der Waals surface area contributed by atoms with Gasteiger partial charge in [-0.3, -0.25) is 4.79 Å². The van der Waals surface area contributed by atoms with E-state index in [4.69, 9.17) is 9.47 Å². The summed E-state index contributed by atoms with van der Waals surface area (Å²) in [7, 11) is -1.08. The fourth-order valence-corrected chi connectivity index (χ4v) is 5.42. The van der Waals surface area contributed by atoms with Gasteiger partial charge in [0, 0.05) is 19.2 Å². The molecule has 0 saturated carbocycles. The molecule has 9 heteroatoms. The molecule has 2 aliphatic heterocycles. The average Bonchev–Trinajstić information content (AvgIpc) is 2.73. The quantitative estimate of drug-likeness (QED) is 0.756. The van der Waals surface area contributed by atoms with Crippen LogP contribution in [0.5, 0.6) is 11.5 Å². The third-order valence-corrected chi connectivity index (χ3v) is 7.30. The van der Waals surface area contributed by atoms with Crippen LogP contribution in [-0.2, 0) is 21.2 Å². The molecule has 2 aromatic carbocycles. The number of amides is 1. The van der Waals surface area contributed by atoms with Crippen LogP contribution in [0.15, 0.2) is 41.3 Å². The minimum atomic E-state index is -3.96. The van der Waals surface area contributed by atoms with Crippen LogP contribution >= 0.6 is 0 Å². The molecule has 1 amide bonds. The van der Waals surface area contributed by atoms with Crippen LogP contribution in [-0.4, -0.2) is 57.4 Å². The molecule has 1 atom stereocenters. The van der Waals surface area contributed by atoms with Gasteiger partial charge in [0.2, 0.25) is 15.9 Å². The van der Waals surface area contributed by atoms with Gasteiger partial charge < -0.3 is 14.4 Å². The monoisotopic (exact) mass is 420 g/mol. The summed E-state index contributed by atoms with van der Waals surface area (Å²) in [5.74, 6) is 0.0716. The molecule has 2 heterocycles. The molecule has 2 aromatic rings. The van der Waals surface area contributed by atoms with E-state index in [2.05, 4.69) is 0 Å². The predicted octanol–water partition coefficient (Wildman–Crippen LogP) is 1.97. The van der Waals surface area contributed by atoms with Crippen LogP contribution < -0.4 is 9.47 Å². The van der Waals surface area contributed by atoms with E-state index < -0.39 is 16.1 Å². The lowest BCUT2D eigenvalue weighted by Crippen LogP contribution is -2.55. The average molecular weight is 420 g/mol. The molecule has 0 radical (unpaired) electrons. The lowest BCUT2D eigenvalue weighted by molar-refractivity contribution is -0.138. The molecule has 1 saturated heterocycles. The molecule has 1 unspecified atom stereocenters. The van der Waals surface area contributed by atoms with Gasteiger partial charge in [-0.2, -0.15) is 4.31 Å². The fourth-order valence-electron chi connectivity index (χ4n) is 4.01. The Morgan fingerprint density at radius 2 is 1.86 bits per heavy atom. The van der Waals surface area contributed by atoms with Gasteiger partial charge in [-0.1, -0.05) is 12.1 Å². The largest absolute Gasteiger partial charge is 0.493 e. The number of ether oxygens (including phenoxy) is 2. The molecular weight excluding hydrogens is 399 g/mol. The van der Waals surface area contributed by atoms with Crippen molar-refractivity contribution in [1.29, 1.82) is 0 Å². The van der Waals surface area contributed by atoms with E-state index in [-0.39, 0.29) is 35.5 Å². The van der Waals surface area contributed by atoms with Crippen molar-refractivity contribution in [2.75, 3.05) is 33.9 Å². The maximum Gasteiger partial charge on any atom is 0.243 e. The van der Waals surface area contributed by atoms with Crippen LogP contribution in [0.1, 0.15) is 17.2 Å². The number of fused-ring (bicyclic) bond motifs is 3. The summed E-state index contributed by atoms with van der Waals surface area (Å²) in [4.78, 5) is 14.4. The van der Waals surface area contributed by atoms with Crippen LogP contribution in [0, 0.1) is 5.82 Å². The summed E-state index contributed by atoms with van der Waals surface area (Å²) >= 11 is 0. The smallest absolute Gasteiger partial charge is 0.243 e. The third kappa shape index (κ3) is 3.24. The number of halogens is 1. The zero-order chi connectivity index (χ0) is 20.8. The van der Waals surface area contributed by atoms with Crippen molar-refractivity contribution in [2.24, 2.45) is 0 Å². The van der Waals surface area contributed by atoms with Crippen molar-refractivity contribution in [2.45, 2.75) is 17.4 Å². The van der Waals surface area contributed by atoms with Gasteiger partial charge in [-0.15, -0.1) is 0 Å². The van der Waals surface area contributed by atoms with Gasteiger partial charge in [0.15, 0.2) is 11.5 Å². The van der Waals surface area contributed by atoms with E-state index in [9.17, 15) is 17.6 Å². The normalized spacial score (nSPS) is 19.5. The molecule has 0 bridgehead atoms. The van der Waals surface area contributed by atoms with E-state index >= 15 is 0 Å². The second kappa shape index (κ2) is 7.31. The van der Waals surface area contributed by atoms with E-state index in [0.29, 0.717) is 29.8 Å². The Morgan fingerprint density at radius 3 is 2.59 bits per heavy atom. The number of carbonyl (C=O) groups is 1. The topological polar surface area (TPSA) is 76.2 Å². The van der Waals surface area contributed by atoms with Crippen molar-refractivity contribution >= 4 is 15.9 Å². The van der Waals surface area contributed by atoms with Gasteiger partial charge >= 0.3 is 0 Å². The first kappa shape index (κ1) is 19.7. The Hall–Kier alpha value is -2.65. The molecule has 0 aliphatic carbocycles. The van der Waals surface area contributed by atoms with Crippen LogP contribution in [0.2, 0.25) is 0 Å². The Labute approximate surface area is 168 Å². The first-order chi connectivity index (χ1) is 13.9. The van der Waals surface area contributed by atoms with E-state index in [1.807, 2.05) is 0 Å². The van der Waals surface area contributed by atoms with Crippen LogP contribution in [0.3, 0.4) is 0 Å². The summed E-state index contributed by atoms with van der Waals surface area (Å²) in [6.07, 6.45) is 0.423. The minimum Gasteiger partial charge on any atom is -0.493 e. The molecule has 7 nitrogen and oxygen atoms in total. The van der Waals surface area contributed by atoms with Crippen molar-refractivity contribution in [3.05, 3.63) is 53.3 Å². The first-order valence-corrected chi connectivity index (χ1v) is 10.6. The maximum absolute atomic E-state index is 14.2. The van der Waals surface area contributed by atoms with Crippen LogP contribution in [0.4, 0.5) is 4.39 Å². The molecule has 0 N–H and O–H groups in total. The first-order valence-electron chi connectivity index (χ1n) is 9.15. The Morgan fingerprint density at radius 1 is 1.10 bits per heavy atom. The highest BCUT2D eigenvalue weighted by atomic mass is 32.2. The molecule has 4 rings (SSSR count). The summed E-state index contributed by atoms with van der Waals surface area (Å²) in [6, 6.07) is 8.53. The number of hydrogen-bond donors (Lipinski definition) is 0. The second-order valence-electron chi connectivity index (χ2n) is 6.97. The number of hydrogen-bond acceptors (Lipinski definition) is 5. The molecular formula is C20H21FN2O5S. The van der Waals surface area contributed by atoms with Crippen LogP contribution in [0.25, 0.3) is 0 Å². The maximum atomic E-state index is 14.2. The Balaban J connectivity index is 1.71. The number of benzene rings is 2. The van der Waals surface area contributed by atoms with Gasteiger partial charge in [0.05, 0.1) is 31.7 Å². The van der Waals surface area contributed by atoms with Gasteiger partial charge in [-0.25, -0.2) is 12.8 Å². The Kier molecular flexibility index (Phi) is 4.95. The summed E-state index contributed by atoms with van der Waals surface area (Å²) in [5, 5.41) is 0. The van der Waals surface area contributed by atoms with E-state index in [0.717, 1.165) is 4.31 Å². The number of piperazine rings is 1. The highest BCUT2D eigenvalue weighted by Gasteiger charge is 2.42. The lowest BCUT2D eigenvalue weighted by atomic mass is 9.91. The van der Waals surface area contributed by atoms with Gasteiger partial charge in [0.25, 0.3) is 0 Å². The highest BCUT2D eigenvalue weighted by molar-refractivity contribution is 7.89. The fraction of sp³-hybridized carbons (Fsp3) is 0.350. The van der Waals surface area contributed by atoms with E-state index in [1.54, 1.807) is 17.0 Å². The molecule has 2 aliphatic rings. The summed E-state index contributed by atoms with van der Waals surface area (Å²) in [5.41, 5.74) is 1.21. The standard InChI is InChI=1S/C20H21FN2O5S/c1-27-18-7-6-13(10-19(18)28-2)29(25,26)22-11-17-15-4-3-5-16(21)14(15)8-9-23(17)20(24)12-22/h3-7,10,17H,8-9,11-12H2,1-2H3. The molecule has 0 aromatic heterocycles. The molecule has 1 fully saturated rings. The SMILES string of the molecule is COc1ccc(S(=O)(=O)N2CC(=O)N3CCc4c(F)cccc4C3C2)cc1OC. The number of nitrogens with zero attached hydrogens (tertiary/aromatic N) is 2. The third-order valence-electron chi connectivity index (χ3n) is 5.49. The predicted molar refractivity (Wildman–Crippen MR) is 103 cm³/mol. The second-order valence-corrected chi connectivity index (χ2v) is 8.91. The zero-order valence-corrected chi connectivity index (χ0v) is 16.9. The van der Waals surface area contributed by atoms with Crippen molar-refractivity contribution in [3.8, 4) is 11.5 Å².